The summed E-state index contributed by atoms with van der Waals surface area (Å²) < 4.78 is 5.51. The Balaban J connectivity index is 2.12. The number of piperazine rings is 1. The van der Waals surface area contributed by atoms with Crippen molar-refractivity contribution in [3.05, 3.63) is 0 Å². The van der Waals surface area contributed by atoms with Gasteiger partial charge in [0.15, 0.2) is 0 Å². The third-order valence-electron chi connectivity index (χ3n) is 4.43. The van der Waals surface area contributed by atoms with Crippen LogP contribution in [-0.2, 0) is 4.74 Å². The Hall–Kier alpha value is -0.810. The summed E-state index contributed by atoms with van der Waals surface area (Å²) in [5, 5.41) is 0. The van der Waals surface area contributed by atoms with E-state index < -0.39 is 5.60 Å². The average molecular weight is 269 g/mol. The van der Waals surface area contributed by atoms with Crippen LogP contribution in [0.3, 0.4) is 0 Å². The van der Waals surface area contributed by atoms with Crippen molar-refractivity contribution in [3.8, 4) is 0 Å². The zero-order valence-electron chi connectivity index (χ0n) is 12.7. The minimum atomic E-state index is -0.438. The van der Waals surface area contributed by atoms with Gasteiger partial charge in [-0.25, -0.2) is 4.79 Å². The maximum atomic E-state index is 12.3. The van der Waals surface area contributed by atoms with Gasteiger partial charge in [-0.1, -0.05) is 0 Å². The number of nitrogens with two attached hydrogens (primary N) is 1. The van der Waals surface area contributed by atoms with Crippen LogP contribution in [-0.4, -0.2) is 59.8 Å². The quantitative estimate of drug-likeness (QED) is 0.779. The van der Waals surface area contributed by atoms with Crippen LogP contribution in [0.1, 0.15) is 34.1 Å². The van der Waals surface area contributed by atoms with E-state index in [0.29, 0.717) is 24.5 Å². The van der Waals surface area contributed by atoms with Crippen LogP contribution in [0.4, 0.5) is 4.79 Å². The Labute approximate surface area is 116 Å². The molecule has 2 fully saturated rings. The number of amides is 1. The fourth-order valence-electron chi connectivity index (χ4n) is 3.54. The fourth-order valence-corrected chi connectivity index (χ4v) is 3.54. The van der Waals surface area contributed by atoms with Gasteiger partial charge in [0.05, 0.1) is 0 Å². The number of nitrogens with zero attached hydrogens (tertiary/aromatic N) is 2. The Kier molecular flexibility index (Phi) is 3.80. The second-order valence-electron chi connectivity index (χ2n) is 6.91. The molecule has 0 spiro atoms. The second-order valence-corrected chi connectivity index (χ2v) is 6.91. The first kappa shape index (κ1) is 14.6. The molecule has 0 saturated carbocycles. The lowest BCUT2D eigenvalue weighted by atomic mass is 9.95. The highest BCUT2D eigenvalue weighted by atomic mass is 16.6. The van der Waals surface area contributed by atoms with Crippen LogP contribution < -0.4 is 5.73 Å². The third kappa shape index (κ3) is 2.72. The first-order valence-corrected chi connectivity index (χ1v) is 7.16. The highest BCUT2D eigenvalue weighted by Crippen LogP contribution is 2.37. The van der Waals surface area contributed by atoms with Crippen LogP contribution in [0.25, 0.3) is 0 Å². The van der Waals surface area contributed by atoms with E-state index in [2.05, 4.69) is 18.9 Å². The summed E-state index contributed by atoms with van der Waals surface area (Å²) in [5.41, 5.74) is 5.44. The molecule has 2 saturated heterocycles. The number of ether oxygens (including phenoxy) is 1. The molecular weight excluding hydrogens is 242 g/mol. The molecule has 4 atom stereocenters. The number of carbonyl (C=O) groups is 1. The Morgan fingerprint density at radius 1 is 1.42 bits per heavy atom. The van der Waals surface area contributed by atoms with Crippen molar-refractivity contribution in [2.75, 3.05) is 20.1 Å². The van der Waals surface area contributed by atoms with Crippen LogP contribution in [0, 0.1) is 5.92 Å². The lowest BCUT2D eigenvalue weighted by molar-refractivity contribution is -0.0146. The molecule has 2 rings (SSSR count). The standard InChI is InChI=1S/C14H27N3O2/c1-9-12-10(7-15)6-11(16(12)5)8-17(9)13(18)19-14(2,3)4/h9-12H,6-8,15H2,1-5H3/t9?,10?,11-,12-/m0/s1. The first-order chi connectivity index (χ1) is 8.74. The van der Waals surface area contributed by atoms with Crippen molar-refractivity contribution < 1.29 is 9.53 Å². The van der Waals surface area contributed by atoms with Crippen LogP contribution in [0.2, 0.25) is 0 Å². The predicted octanol–water partition coefficient (Wildman–Crippen LogP) is 1.27. The molecule has 110 valence electrons. The monoisotopic (exact) mass is 269 g/mol. The van der Waals surface area contributed by atoms with Crippen molar-refractivity contribution >= 4 is 6.09 Å². The molecule has 2 unspecified atom stereocenters. The number of carbonyl (C=O) groups excluding carboxylic acids is 1. The Bertz CT molecular complexity index is 353. The summed E-state index contributed by atoms with van der Waals surface area (Å²) in [6.45, 7) is 9.27. The van der Waals surface area contributed by atoms with Gasteiger partial charge in [0.1, 0.15) is 5.60 Å². The number of likely N-dealkylation sites (N-methyl/N-ethyl adjacent to an activating group) is 1. The van der Waals surface area contributed by atoms with Crippen molar-refractivity contribution in [1.82, 2.24) is 9.80 Å². The molecule has 2 N–H and O–H groups in total. The van der Waals surface area contributed by atoms with E-state index in [1.54, 1.807) is 0 Å². The predicted molar refractivity (Wildman–Crippen MR) is 74.9 cm³/mol. The molecule has 2 heterocycles. The van der Waals surface area contributed by atoms with Crippen LogP contribution in [0.15, 0.2) is 0 Å². The SMILES string of the molecule is CC1[C@H]2C(CN)C[C@@H](CN1C(=O)OC(C)(C)C)N2C. The van der Waals surface area contributed by atoms with Gasteiger partial charge in [0, 0.05) is 24.7 Å². The largest absolute Gasteiger partial charge is 0.444 e. The van der Waals surface area contributed by atoms with Crippen LogP contribution in [0.5, 0.6) is 0 Å². The zero-order valence-corrected chi connectivity index (χ0v) is 12.7. The summed E-state index contributed by atoms with van der Waals surface area (Å²) in [5.74, 6) is 0.484. The van der Waals surface area contributed by atoms with Gasteiger partial charge >= 0.3 is 6.09 Å². The fraction of sp³-hybridized carbons (Fsp3) is 0.929. The lowest BCUT2D eigenvalue weighted by Crippen LogP contribution is -2.60. The van der Waals surface area contributed by atoms with Crippen molar-refractivity contribution in [2.24, 2.45) is 11.7 Å². The van der Waals surface area contributed by atoms with Crippen LogP contribution >= 0.6 is 0 Å². The van der Waals surface area contributed by atoms with Gasteiger partial charge in [-0.2, -0.15) is 0 Å². The molecular formula is C14H27N3O2. The van der Waals surface area contributed by atoms with E-state index in [0.717, 1.165) is 13.0 Å². The molecule has 2 bridgehead atoms. The molecule has 1 amide bonds. The van der Waals surface area contributed by atoms with Gasteiger partial charge in [-0.3, -0.25) is 4.90 Å². The maximum Gasteiger partial charge on any atom is 0.410 e. The highest BCUT2D eigenvalue weighted by Gasteiger charge is 2.49. The Morgan fingerprint density at radius 3 is 2.58 bits per heavy atom. The average Bonchev–Trinajstić information content (AvgIpc) is 2.49. The molecule has 0 aliphatic carbocycles. The van der Waals surface area contributed by atoms with Crippen molar-refractivity contribution in [2.45, 2.75) is 57.8 Å². The second kappa shape index (κ2) is 4.94. The van der Waals surface area contributed by atoms with Gasteiger partial charge in [-0.15, -0.1) is 0 Å². The van der Waals surface area contributed by atoms with Gasteiger partial charge in [0.2, 0.25) is 0 Å². The number of fused-ring (bicyclic) bond motifs is 2. The van der Waals surface area contributed by atoms with E-state index in [4.69, 9.17) is 10.5 Å². The minimum absolute atomic E-state index is 0.159. The number of hydrogen-bond donors (Lipinski definition) is 1. The van der Waals surface area contributed by atoms with E-state index in [-0.39, 0.29) is 12.1 Å². The molecule has 0 radical (unpaired) electrons. The number of rotatable bonds is 1. The third-order valence-corrected chi connectivity index (χ3v) is 4.43. The molecule has 2 aliphatic rings. The minimum Gasteiger partial charge on any atom is -0.444 e. The normalized spacial score (nSPS) is 35.6. The first-order valence-electron chi connectivity index (χ1n) is 7.16. The molecule has 19 heavy (non-hydrogen) atoms. The molecule has 0 aromatic carbocycles. The summed E-state index contributed by atoms with van der Waals surface area (Å²) >= 11 is 0. The van der Waals surface area contributed by atoms with E-state index in [9.17, 15) is 4.79 Å². The number of hydrogen-bond acceptors (Lipinski definition) is 4. The van der Waals surface area contributed by atoms with E-state index in [1.807, 2.05) is 25.7 Å². The zero-order chi connectivity index (χ0) is 14.4. The number of likely N-dealkylation sites (tertiary alicyclic amines) is 1. The summed E-state index contributed by atoms with van der Waals surface area (Å²) in [6.07, 6.45) is 0.891. The topological polar surface area (TPSA) is 58.8 Å². The smallest absolute Gasteiger partial charge is 0.410 e. The maximum absolute atomic E-state index is 12.3. The highest BCUT2D eigenvalue weighted by molar-refractivity contribution is 5.69. The molecule has 0 aromatic rings. The van der Waals surface area contributed by atoms with E-state index >= 15 is 0 Å². The van der Waals surface area contributed by atoms with E-state index in [1.165, 1.54) is 0 Å². The van der Waals surface area contributed by atoms with Crippen molar-refractivity contribution in [3.63, 3.8) is 0 Å². The molecule has 0 aromatic heterocycles. The molecule has 5 nitrogen and oxygen atoms in total. The van der Waals surface area contributed by atoms with Crippen molar-refractivity contribution in [1.29, 1.82) is 0 Å². The molecule has 2 aliphatic heterocycles. The summed E-state index contributed by atoms with van der Waals surface area (Å²) in [4.78, 5) is 16.6. The lowest BCUT2D eigenvalue weighted by Gasteiger charge is -2.45. The Morgan fingerprint density at radius 2 is 2.05 bits per heavy atom. The van der Waals surface area contributed by atoms with Gasteiger partial charge < -0.3 is 15.4 Å². The summed E-state index contributed by atoms with van der Waals surface area (Å²) in [7, 11) is 2.15. The molecule has 5 heteroatoms. The van der Waals surface area contributed by atoms with Gasteiger partial charge in [0.25, 0.3) is 0 Å². The van der Waals surface area contributed by atoms with Gasteiger partial charge in [-0.05, 0) is 53.6 Å². The summed E-state index contributed by atoms with van der Waals surface area (Å²) in [6, 6.07) is 0.936.